The van der Waals surface area contributed by atoms with Crippen molar-refractivity contribution in [1.29, 1.82) is 0 Å². The maximum Gasteiger partial charge on any atom is 0.419 e. The van der Waals surface area contributed by atoms with Crippen LogP contribution < -0.4 is 20.3 Å². The first-order valence-electron chi connectivity index (χ1n) is 13.2. The summed E-state index contributed by atoms with van der Waals surface area (Å²) in [6.45, 7) is 0.355. The minimum Gasteiger partial charge on any atom is -0.463 e. The van der Waals surface area contributed by atoms with Crippen molar-refractivity contribution in [3.8, 4) is 17.1 Å². The van der Waals surface area contributed by atoms with Crippen molar-refractivity contribution in [1.82, 2.24) is 10.3 Å². The Kier molecular flexibility index (Phi) is 8.25. The van der Waals surface area contributed by atoms with Gasteiger partial charge < -0.3 is 24.7 Å². The van der Waals surface area contributed by atoms with E-state index in [0.717, 1.165) is 56.2 Å². The molecule has 3 atom stereocenters. The standard InChI is InChI=1S/C28H31F5N4O2/c29-17-38-21-10-7-18(8-11-21)26-15-34-27(39-26)36-25-6-2-1-5-24(25)35-19-4-3-13-37(16-19)20-9-12-22(23(30)14-20)28(31,32)33/h7-12,14-15,19,24-25,35H,1-6,13,16-17H2,(H,34,36)/t19-,24+,25+/m0/s1. The number of hydrogen-bond donors (Lipinski definition) is 2. The van der Waals surface area contributed by atoms with E-state index < -0.39 is 24.4 Å². The minimum absolute atomic E-state index is 0.0875. The van der Waals surface area contributed by atoms with Gasteiger partial charge in [0.2, 0.25) is 6.86 Å². The van der Waals surface area contributed by atoms with Gasteiger partial charge >= 0.3 is 6.18 Å². The van der Waals surface area contributed by atoms with E-state index in [1.165, 1.54) is 6.07 Å². The molecule has 1 aliphatic carbocycles. The first-order valence-corrected chi connectivity index (χ1v) is 13.2. The third-order valence-electron chi connectivity index (χ3n) is 7.43. The van der Waals surface area contributed by atoms with E-state index in [9.17, 15) is 22.0 Å². The lowest BCUT2D eigenvalue weighted by Gasteiger charge is -2.40. The SMILES string of the molecule is FCOc1ccc(-c2cnc(N[C@@H]3CCCC[C@H]3N[C@H]3CCCN(c4ccc(C(F)(F)F)c(F)c4)C3)o2)cc1. The van der Waals surface area contributed by atoms with Gasteiger partial charge in [0, 0.05) is 42.5 Å². The fourth-order valence-electron chi connectivity index (χ4n) is 5.50. The van der Waals surface area contributed by atoms with Crippen LogP contribution in [0.4, 0.5) is 33.7 Å². The summed E-state index contributed by atoms with van der Waals surface area (Å²) in [6, 6.07) is 10.8. The molecular formula is C28H31F5N4O2. The first-order chi connectivity index (χ1) is 18.8. The van der Waals surface area contributed by atoms with E-state index in [-0.39, 0.29) is 18.1 Å². The highest BCUT2D eigenvalue weighted by molar-refractivity contribution is 5.58. The molecule has 1 saturated heterocycles. The van der Waals surface area contributed by atoms with Crippen molar-refractivity contribution < 1.29 is 31.1 Å². The average Bonchev–Trinajstić information content (AvgIpc) is 3.38. The number of nitrogens with zero attached hydrogens (tertiary/aromatic N) is 2. The molecule has 210 valence electrons. The lowest BCUT2D eigenvalue weighted by atomic mass is 9.89. The summed E-state index contributed by atoms with van der Waals surface area (Å²) in [6.07, 6.45) is 2.76. The molecule has 5 rings (SSSR count). The van der Waals surface area contributed by atoms with Crippen molar-refractivity contribution in [3.63, 3.8) is 0 Å². The van der Waals surface area contributed by atoms with E-state index in [4.69, 9.17) is 9.15 Å². The van der Waals surface area contributed by atoms with Crippen LogP contribution in [-0.2, 0) is 6.18 Å². The Morgan fingerprint density at radius 1 is 1.00 bits per heavy atom. The molecule has 6 nitrogen and oxygen atoms in total. The molecule has 3 aromatic rings. The molecule has 1 saturated carbocycles. The molecule has 0 radical (unpaired) electrons. The van der Waals surface area contributed by atoms with Gasteiger partial charge in [-0.3, -0.25) is 0 Å². The number of hydrogen-bond acceptors (Lipinski definition) is 6. The van der Waals surface area contributed by atoms with Gasteiger partial charge in [-0.2, -0.15) is 13.2 Å². The zero-order valence-electron chi connectivity index (χ0n) is 21.3. The Hall–Kier alpha value is -3.34. The Balaban J connectivity index is 1.21. The summed E-state index contributed by atoms with van der Waals surface area (Å²) in [5, 5.41) is 7.17. The molecule has 1 aromatic heterocycles. The Morgan fingerprint density at radius 2 is 1.77 bits per heavy atom. The van der Waals surface area contributed by atoms with E-state index in [1.54, 1.807) is 30.5 Å². The second-order valence-corrected chi connectivity index (χ2v) is 10.1. The van der Waals surface area contributed by atoms with Gasteiger partial charge in [0.25, 0.3) is 6.01 Å². The van der Waals surface area contributed by atoms with Gasteiger partial charge in [0.05, 0.1) is 11.8 Å². The number of nitrogens with one attached hydrogen (secondary N) is 2. The van der Waals surface area contributed by atoms with Crippen LogP contribution in [0.2, 0.25) is 0 Å². The van der Waals surface area contributed by atoms with Crippen LogP contribution in [0.3, 0.4) is 0 Å². The topological polar surface area (TPSA) is 62.6 Å². The molecule has 2 aromatic carbocycles. The van der Waals surface area contributed by atoms with Gasteiger partial charge in [-0.05, 0) is 68.1 Å². The number of ether oxygens (including phenoxy) is 1. The Bertz CT molecular complexity index is 1230. The molecular weight excluding hydrogens is 519 g/mol. The van der Waals surface area contributed by atoms with Gasteiger partial charge in [-0.15, -0.1) is 0 Å². The van der Waals surface area contributed by atoms with Crippen molar-refractivity contribution in [3.05, 3.63) is 60.0 Å². The van der Waals surface area contributed by atoms with Gasteiger partial charge in [-0.1, -0.05) is 12.8 Å². The number of benzene rings is 2. The Labute approximate surface area is 223 Å². The second kappa shape index (κ2) is 11.8. The molecule has 0 unspecified atom stereocenters. The van der Waals surface area contributed by atoms with Gasteiger partial charge in [0.15, 0.2) is 5.76 Å². The van der Waals surface area contributed by atoms with E-state index in [2.05, 4.69) is 15.6 Å². The van der Waals surface area contributed by atoms with Crippen molar-refractivity contribution in [2.45, 2.75) is 62.8 Å². The van der Waals surface area contributed by atoms with Crippen LogP contribution in [0.5, 0.6) is 5.75 Å². The van der Waals surface area contributed by atoms with E-state index in [1.807, 2.05) is 4.90 Å². The molecule has 1 aliphatic heterocycles. The molecule has 0 spiro atoms. The number of piperidine rings is 1. The summed E-state index contributed by atoms with van der Waals surface area (Å²) >= 11 is 0. The highest BCUT2D eigenvalue weighted by atomic mass is 19.4. The summed E-state index contributed by atoms with van der Waals surface area (Å²) in [5.41, 5.74) is 0.00980. The molecule has 0 bridgehead atoms. The zero-order valence-corrected chi connectivity index (χ0v) is 21.3. The highest BCUT2D eigenvalue weighted by Gasteiger charge is 2.35. The van der Waals surface area contributed by atoms with Crippen LogP contribution in [0.15, 0.2) is 53.1 Å². The minimum atomic E-state index is -4.71. The van der Waals surface area contributed by atoms with Crippen molar-refractivity contribution >= 4 is 11.7 Å². The van der Waals surface area contributed by atoms with Crippen molar-refractivity contribution in [2.24, 2.45) is 0 Å². The number of anilines is 2. The predicted molar refractivity (Wildman–Crippen MR) is 138 cm³/mol. The number of oxazole rings is 1. The lowest BCUT2D eigenvalue weighted by Crippen LogP contribution is -2.54. The lowest BCUT2D eigenvalue weighted by molar-refractivity contribution is -0.139. The average molecular weight is 551 g/mol. The first kappa shape index (κ1) is 27.2. The largest absolute Gasteiger partial charge is 0.463 e. The summed E-state index contributed by atoms with van der Waals surface area (Å²) < 4.78 is 76.2. The summed E-state index contributed by atoms with van der Waals surface area (Å²) in [4.78, 5) is 6.33. The normalized spacial score (nSPS) is 22.1. The van der Waals surface area contributed by atoms with Crippen LogP contribution in [0.25, 0.3) is 11.3 Å². The van der Waals surface area contributed by atoms with E-state index >= 15 is 0 Å². The van der Waals surface area contributed by atoms with Crippen LogP contribution in [0.1, 0.15) is 44.1 Å². The van der Waals surface area contributed by atoms with Crippen molar-refractivity contribution in [2.75, 3.05) is 30.2 Å². The maximum absolute atomic E-state index is 14.2. The molecule has 11 heteroatoms. The van der Waals surface area contributed by atoms with Crippen LogP contribution in [-0.4, -0.2) is 43.1 Å². The number of alkyl halides is 4. The van der Waals surface area contributed by atoms with Gasteiger partial charge in [-0.25, -0.2) is 13.8 Å². The smallest absolute Gasteiger partial charge is 0.419 e. The summed E-state index contributed by atoms with van der Waals surface area (Å²) in [7, 11) is 0. The molecule has 2 aliphatic rings. The van der Waals surface area contributed by atoms with E-state index in [0.29, 0.717) is 36.3 Å². The summed E-state index contributed by atoms with van der Waals surface area (Å²) in [5.74, 6) is -0.239. The monoisotopic (exact) mass is 550 g/mol. The number of rotatable bonds is 8. The predicted octanol–water partition coefficient (Wildman–Crippen LogP) is 6.79. The highest BCUT2D eigenvalue weighted by Crippen LogP contribution is 2.34. The second-order valence-electron chi connectivity index (χ2n) is 10.1. The molecule has 2 heterocycles. The van der Waals surface area contributed by atoms with Crippen LogP contribution in [0, 0.1) is 5.82 Å². The third kappa shape index (κ3) is 6.63. The Morgan fingerprint density at radius 3 is 2.49 bits per heavy atom. The molecule has 39 heavy (non-hydrogen) atoms. The fraction of sp³-hybridized carbons (Fsp3) is 0.464. The number of aromatic nitrogens is 1. The quantitative estimate of drug-likeness (QED) is 0.301. The molecule has 0 amide bonds. The van der Waals surface area contributed by atoms with Gasteiger partial charge in [0.1, 0.15) is 11.6 Å². The number of halogens is 5. The van der Waals surface area contributed by atoms with Crippen LogP contribution >= 0.6 is 0 Å². The zero-order chi connectivity index (χ0) is 27.4. The molecule has 2 fully saturated rings. The third-order valence-corrected chi connectivity index (χ3v) is 7.43. The fourth-order valence-corrected chi connectivity index (χ4v) is 5.50. The molecule has 2 N–H and O–H groups in total. The maximum atomic E-state index is 14.2.